The molecule has 0 fully saturated rings. The Bertz CT molecular complexity index is 1150. The number of benzene rings is 2. The summed E-state index contributed by atoms with van der Waals surface area (Å²) in [6.07, 6.45) is 4.50. The average Bonchev–Trinajstić information content (AvgIpc) is 3.08. The molecular formula is C21H15ClN4O2. The van der Waals surface area contributed by atoms with Crippen LogP contribution in [-0.2, 0) is 11.3 Å². The number of amides is 1. The molecule has 6 nitrogen and oxygen atoms in total. The monoisotopic (exact) mass is 390 g/mol. The zero-order valence-corrected chi connectivity index (χ0v) is 15.4. The molecule has 28 heavy (non-hydrogen) atoms. The van der Waals surface area contributed by atoms with Crippen molar-refractivity contribution in [1.82, 2.24) is 14.5 Å². The number of halogens is 1. The quantitative estimate of drug-likeness (QED) is 0.413. The van der Waals surface area contributed by atoms with Gasteiger partial charge in [-0.25, -0.2) is 9.97 Å². The van der Waals surface area contributed by atoms with Gasteiger partial charge in [0.05, 0.1) is 5.56 Å². The number of hydrogen-bond donors (Lipinski definition) is 1. The molecule has 2 aromatic heterocycles. The summed E-state index contributed by atoms with van der Waals surface area (Å²) in [4.78, 5) is 32.9. The van der Waals surface area contributed by atoms with E-state index in [0.29, 0.717) is 17.1 Å². The van der Waals surface area contributed by atoms with Gasteiger partial charge in [0.1, 0.15) is 12.1 Å². The van der Waals surface area contributed by atoms with E-state index in [2.05, 4.69) is 15.3 Å². The average molecular weight is 391 g/mol. The van der Waals surface area contributed by atoms with Gasteiger partial charge in [-0.2, -0.15) is 0 Å². The number of carbonyl (C=O) groups excluding carboxylic acids is 2. The predicted molar refractivity (Wildman–Crippen MR) is 107 cm³/mol. The number of nitrogens with zero attached hydrogens (tertiary/aromatic N) is 3. The maximum absolute atomic E-state index is 12.8. The highest BCUT2D eigenvalue weighted by atomic mass is 35.5. The number of Topliss-reactive ketones (excluding diaryl/α,β-unsaturated/α-hetero) is 1. The molecule has 1 amide bonds. The van der Waals surface area contributed by atoms with Crippen LogP contribution >= 0.6 is 11.6 Å². The standard InChI is InChI=1S/C21H15ClN4O2/c22-15-7-5-14(6-8-15)11-26-12-17(16-3-1-2-4-18(16)26)20(27)21(28)25-19-9-10-23-13-24-19/h1-10,12-13H,11H2,(H,23,24,25,28). The van der Waals surface area contributed by atoms with Gasteiger partial charge in [0.2, 0.25) is 0 Å². The zero-order valence-electron chi connectivity index (χ0n) is 14.7. The molecule has 4 rings (SSSR count). The van der Waals surface area contributed by atoms with Gasteiger partial charge in [-0.1, -0.05) is 41.9 Å². The fourth-order valence-electron chi connectivity index (χ4n) is 3.01. The van der Waals surface area contributed by atoms with E-state index in [-0.39, 0.29) is 5.82 Å². The lowest BCUT2D eigenvalue weighted by Gasteiger charge is -2.05. The van der Waals surface area contributed by atoms with Gasteiger partial charge in [0.25, 0.3) is 11.7 Å². The molecular weight excluding hydrogens is 376 g/mol. The van der Waals surface area contributed by atoms with Crippen LogP contribution in [0.5, 0.6) is 0 Å². The van der Waals surface area contributed by atoms with Crippen LogP contribution < -0.4 is 5.32 Å². The lowest BCUT2D eigenvalue weighted by Crippen LogP contribution is -2.23. The molecule has 0 saturated heterocycles. The zero-order chi connectivity index (χ0) is 19.5. The van der Waals surface area contributed by atoms with Crippen molar-refractivity contribution in [2.24, 2.45) is 0 Å². The number of anilines is 1. The minimum atomic E-state index is -0.743. The summed E-state index contributed by atoms with van der Waals surface area (Å²) in [5.74, 6) is -1.09. The Kier molecular flexibility index (Phi) is 4.87. The minimum absolute atomic E-state index is 0.276. The number of fused-ring (bicyclic) bond motifs is 1. The van der Waals surface area contributed by atoms with Crippen molar-refractivity contribution >= 4 is 40.0 Å². The highest BCUT2D eigenvalue weighted by molar-refractivity contribution is 6.48. The molecule has 0 aliphatic heterocycles. The Labute approximate surface area is 165 Å². The van der Waals surface area contributed by atoms with Gasteiger partial charge in [-0.15, -0.1) is 0 Å². The maximum Gasteiger partial charge on any atom is 0.298 e. The van der Waals surface area contributed by atoms with Crippen LogP contribution in [0.1, 0.15) is 15.9 Å². The van der Waals surface area contributed by atoms with Gasteiger partial charge < -0.3 is 9.88 Å². The SMILES string of the molecule is O=C(Nc1ccncn1)C(=O)c1cn(Cc2ccc(Cl)cc2)c2ccccc12. The van der Waals surface area contributed by atoms with Crippen LogP contribution in [0.15, 0.2) is 73.3 Å². The van der Waals surface area contributed by atoms with Crippen molar-refractivity contribution < 1.29 is 9.59 Å². The van der Waals surface area contributed by atoms with Crippen LogP contribution in [0, 0.1) is 0 Å². The lowest BCUT2D eigenvalue weighted by atomic mass is 10.1. The number of nitrogens with one attached hydrogen (secondary N) is 1. The summed E-state index contributed by atoms with van der Waals surface area (Å²) < 4.78 is 1.95. The summed E-state index contributed by atoms with van der Waals surface area (Å²) in [6, 6.07) is 16.5. The van der Waals surface area contributed by atoms with Crippen LogP contribution in [-0.4, -0.2) is 26.2 Å². The molecule has 0 aliphatic rings. The second-order valence-electron chi connectivity index (χ2n) is 6.19. The van der Waals surface area contributed by atoms with Gasteiger partial charge >= 0.3 is 0 Å². The first-order valence-corrected chi connectivity index (χ1v) is 8.93. The fraction of sp³-hybridized carbons (Fsp3) is 0.0476. The molecule has 0 radical (unpaired) electrons. The third kappa shape index (κ3) is 3.63. The molecule has 7 heteroatoms. The highest BCUT2D eigenvalue weighted by Crippen LogP contribution is 2.23. The molecule has 0 spiro atoms. The van der Waals surface area contributed by atoms with E-state index in [1.54, 1.807) is 6.20 Å². The Balaban J connectivity index is 1.66. The summed E-state index contributed by atoms with van der Waals surface area (Å²) >= 11 is 5.95. The van der Waals surface area contributed by atoms with Crippen LogP contribution in [0.4, 0.5) is 5.82 Å². The van der Waals surface area contributed by atoms with E-state index in [0.717, 1.165) is 16.5 Å². The molecule has 0 saturated carbocycles. The predicted octanol–water partition coefficient (Wildman–Crippen LogP) is 3.95. The summed E-state index contributed by atoms with van der Waals surface area (Å²) in [6.45, 7) is 0.554. The topological polar surface area (TPSA) is 76.9 Å². The second-order valence-corrected chi connectivity index (χ2v) is 6.63. The molecule has 2 aromatic carbocycles. The van der Waals surface area contributed by atoms with Crippen LogP contribution in [0.3, 0.4) is 0 Å². The third-order valence-corrected chi connectivity index (χ3v) is 4.58. The molecule has 4 aromatic rings. The van der Waals surface area contributed by atoms with E-state index in [4.69, 9.17) is 11.6 Å². The van der Waals surface area contributed by atoms with E-state index in [1.165, 1.54) is 18.6 Å². The van der Waals surface area contributed by atoms with Gasteiger partial charge in [-0.05, 0) is 29.8 Å². The number of hydrogen-bond acceptors (Lipinski definition) is 4. The number of aromatic nitrogens is 3. The summed E-state index contributed by atoms with van der Waals surface area (Å²) in [5, 5.41) is 3.89. The van der Waals surface area contributed by atoms with E-state index in [1.807, 2.05) is 53.1 Å². The van der Waals surface area contributed by atoms with Gasteiger partial charge in [0.15, 0.2) is 0 Å². The molecule has 1 N–H and O–H groups in total. The molecule has 0 unspecified atom stereocenters. The summed E-state index contributed by atoms with van der Waals surface area (Å²) in [7, 11) is 0. The van der Waals surface area contributed by atoms with Crippen molar-refractivity contribution in [3.63, 3.8) is 0 Å². The number of rotatable bonds is 5. The van der Waals surface area contributed by atoms with Crippen molar-refractivity contribution in [1.29, 1.82) is 0 Å². The maximum atomic E-state index is 12.8. The normalized spacial score (nSPS) is 10.8. The lowest BCUT2D eigenvalue weighted by molar-refractivity contribution is -0.112. The number of ketones is 1. The molecule has 0 atom stereocenters. The van der Waals surface area contributed by atoms with Crippen molar-refractivity contribution in [3.05, 3.63) is 89.5 Å². The second kappa shape index (κ2) is 7.62. The Morgan fingerprint density at radius 3 is 2.57 bits per heavy atom. The van der Waals surface area contributed by atoms with Crippen LogP contribution in [0.2, 0.25) is 5.02 Å². The number of carbonyl (C=O) groups is 2. The van der Waals surface area contributed by atoms with Crippen LogP contribution in [0.25, 0.3) is 10.9 Å². The van der Waals surface area contributed by atoms with E-state index in [9.17, 15) is 9.59 Å². The number of para-hydroxylation sites is 1. The largest absolute Gasteiger partial charge is 0.342 e. The highest BCUT2D eigenvalue weighted by Gasteiger charge is 2.22. The van der Waals surface area contributed by atoms with Crippen molar-refractivity contribution in [3.8, 4) is 0 Å². The Morgan fingerprint density at radius 1 is 1.04 bits per heavy atom. The molecule has 2 heterocycles. The van der Waals surface area contributed by atoms with Crippen molar-refractivity contribution in [2.45, 2.75) is 6.54 Å². The fourth-order valence-corrected chi connectivity index (χ4v) is 3.13. The first kappa shape index (κ1) is 17.9. The van der Waals surface area contributed by atoms with E-state index >= 15 is 0 Å². The van der Waals surface area contributed by atoms with E-state index < -0.39 is 11.7 Å². The summed E-state index contributed by atoms with van der Waals surface area (Å²) in [5.41, 5.74) is 2.25. The molecule has 0 bridgehead atoms. The smallest absolute Gasteiger partial charge is 0.298 e. The van der Waals surface area contributed by atoms with Gasteiger partial charge in [0, 0.05) is 34.9 Å². The first-order chi connectivity index (χ1) is 13.6. The molecule has 138 valence electrons. The minimum Gasteiger partial charge on any atom is -0.342 e. The Morgan fingerprint density at radius 2 is 1.82 bits per heavy atom. The Hall–Kier alpha value is -3.51. The van der Waals surface area contributed by atoms with Crippen molar-refractivity contribution in [2.75, 3.05) is 5.32 Å². The third-order valence-electron chi connectivity index (χ3n) is 4.33. The van der Waals surface area contributed by atoms with Gasteiger partial charge in [-0.3, -0.25) is 9.59 Å². The molecule has 0 aliphatic carbocycles. The first-order valence-electron chi connectivity index (χ1n) is 8.56.